The molecule has 1 fully saturated rings. The van der Waals surface area contributed by atoms with Crippen molar-refractivity contribution in [1.29, 1.82) is 0 Å². The van der Waals surface area contributed by atoms with Crippen LogP contribution in [0.3, 0.4) is 0 Å². The lowest BCUT2D eigenvalue weighted by Crippen LogP contribution is -2.39. The number of aryl methyl sites for hydroxylation is 1. The summed E-state index contributed by atoms with van der Waals surface area (Å²) in [5.41, 5.74) is 0.674. The molecule has 0 saturated carbocycles. The first kappa shape index (κ1) is 13.7. The Balaban J connectivity index is 1.82. The fourth-order valence-corrected chi connectivity index (χ4v) is 2.00. The molecule has 1 N–H and O–H groups in total. The van der Waals surface area contributed by atoms with Gasteiger partial charge in [0, 0.05) is 31.7 Å². The minimum Gasteiger partial charge on any atom is -0.379 e. The zero-order valence-corrected chi connectivity index (χ0v) is 11.0. The third kappa shape index (κ3) is 3.87. The van der Waals surface area contributed by atoms with E-state index in [4.69, 9.17) is 4.74 Å². The van der Waals surface area contributed by atoms with Crippen molar-refractivity contribution in [3.63, 3.8) is 0 Å². The molecule has 0 aromatic carbocycles. The quantitative estimate of drug-likeness (QED) is 0.633. The first-order valence-electron chi connectivity index (χ1n) is 6.32. The summed E-state index contributed by atoms with van der Waals surface area (Å²) in [5, 5.41) is 13.9. The Kier molecular flexibility index (Phi) is 4.64. The van der Waals surface area contributed by atoms with Gasteiger partial charge in [-0.2, -0.15) is 0 Å². The summed E-state index contributed by atoms with van der Waals surface area (Å²) in [6.07, 6.45) is 1.30. The molecule has 0 atom stereocenters. The standard InChI is InChI=1S/C12H18N4O3/c1-10-8-12(14-9-11(10)16(17)18)13-2-3-15-4-6-19-7-5-15/h8-9H,2-7H2,1H3,(H,13,14). The van der Waals surface area contributed by atoms with E-state index < -0.39 is 4.92 Å². The van der Waals surface area contributed by atoms with Crippen molar-refractivity contribution < 1.29 is 9.66 Å². The van der Waals surface area contributed by atoms with Crippen molar-refractivity contribution in [1.82, 2.24) is 9.88 Å². The van der Waals surface area contributed by atoms with Crippen LogP contribution in [0, 0.1) is 17.0 Å². The van der Waals surface area contributed by atoms with Crippen LogP contribution < -0.4 is 5.32 Å². The first-order valence-corrected chi connectivity index (χ1v) is 6.32. The Hall–Kier alpha value is -1.73. The highest BCUT2D eigenvalue weighted by Gasteiger charge is 2.12. The highest BCUT2D eigenvalue weighted by molar-refractivity contribution is 5.46. The lowest BCUT2D eigenvalue weighted by atomic mass is 10.2. The summed E-state index contributed by atoms with van der Waals surface area (Å²) in [5.74, 6) is 0.677. The molecule has 1 saturated heterocycles. The summed E-state index contributed by atoms with van der Waals surface area (Å²) in [6, 6.07) is 1.71. The highest BCUT2D eigenvalue weighted by atomic mass is 16.6. The maximum Gasteiger partial charge on any atom is 0.290 e. The van der Waals surface area contributed by atoms with Gasteiger partial charge in [0.1, 0.15) is 12.0 Å². The second-order valence-corrected chi connectivity index (χ2v) is 4.49. The van der Waals surface area contributed by atoms with Crippen molar-refractivity contribution in [3.05, 3.63) is 27.9 Å². The van der Waals surface area contributed by atoms with Crippen molar-refractivity contribution >= 4 is 11.5 Å². The minimum atomic E-state index is -0.417. The van der Waals surface area contributed by atoms with Crippen molar-refractivity contribution in [3.8, 4) is 0 Å². The minimum absolute atomic E-state index is 0.0544. The Labute approximate surface area is 111 Å². The number of pyridine rings is 1. The van der Waals surface area contributed by atoms with Gasteiger partial charge >= 0.3 is 0 Å². The lowest BCUT2D eigenvalue weighted by molar-refractivity contribution is -0.385. The predicted molar refractivity (Wildman–Crippen MR) is 71.4 cm³/mol. The summed E-state index contributed by atoms with van der Waals surface area (Å²) >= 11 is 0. The van der Waals surface area contributed by atoms with Crippen molar-refractivity contribution in [2.45, 2.75) is 6.92 Å². The van der Waals surface area contributed by atoms with Crippen LogP contribution in [-0.2, 0) is 4.74 Å². The monoisotopic (exact) mass is 266 g/mol. The molecule has 19 heavy (non-hydrogen) atoms. The van der Waals surface area contributed by atoms with Crippen molar-refractivity contribution in [2.24, 2.45) is 0 Å². The average Bonchev–Trinajstić information content (AvgIpc) is 2.39. The Bertz CT molecular complexity index is 447. The molecule has 2 heterocycles. The van der Waals surface area contributed by atoms with E-state index in [0.29, 0.717) is 11.4 Å². The number of ether oxygens (including phenoxy) is 1. The largest absolute Gasteiger partial charge is 0.379 e. The average molecular weight is 266 g/mol. The molecule has 2 rings (SSSR count). The number of rotatable bonds is 5. The normalized spacial score (nSPS) is 16.3. The Morgan fingerprint density at radius 2 is 2.26 bits per heavy atom. The lowest BCUT2D eigenvalue weighted by Gasteiger charge is -2.26. The molecule has 0 bridgehead atoms. The number of aromatic nitrogens is 1. The van der Waals surface area contributed by atoms with Crippen molar-refractivity contribution in [2.75, 3.05) is 44.7 Å². The van der Waals surface area contributed by atoms with E-state index in [9.17, 15) is 10.1 Å². The third-order valence-corrected chi connectivity index (χ3v) is 3.12. The predicted octanol–water partition coefficient (Wildman–Crippen LogP) is 1.04. The number of nitro groups is 1. The number of hydrogen-bond acceptors (Lipinski definition) is 6. The number of morpholine rings is 1. The molecule has 7 nitrogen and oxygen atoms in total. The molecular weight excluding hydrogens is 248 g/mol. The number of nitrogens with one attached hydrogen (secondary N) is 1. The molecule has 1 aliphatic heterocycles. The van der Waals surface area contributed by atoms with Crippen LogP contribution in [0.15, 0.2) is 12.3 Å². The van der Waals surface area contributed by atoms with E-state index >= 15 is 0 Å². The zero-order valence-electron chi connectivity index (χ0n) is 11.0. The van der Waals surface area contributed by atoms with Crippen LogP contribution in [0.2, 0.25) is 0 Å². The molecule has 0 aliphatic carbocycles. The molecule has 104 valence electrons. The molecule has 0 unspecified atom stereocenters. The van der Waals surface area contributed by atoms with Gasteiger partial charge in [-0.1, -0.05) is 0 Å². The van der Waals surface area contributed by atoms with Gasteiger partial charge in [0.2, 0.25) is 0 Å². The van der Waals surface area contributed by atoms with E-state index in [2.05, 4.69) is 15.2 Å². The van der Waals surface area contributed by atoms with Crippen LogP contribution in [-0.4, -0.2) is 54.2 Å². The van der Waals surface area contributed by atoms with E-state index in [1.165, 1.54) is 6.20 Å². The number of hydrogen-bond donors (Lipinski definition) is 1. The summed E-state index contributed by atoms with van der Waals surface area (Å²) < 4.78 is 5.28. The molecule has 1 aliphatic rings. The van der Waals surface area contributed by atoms with Crippen LogP contribution in [0.25, 0.3) is 0 Å². The van der Waals surface area contributed by atoms with Crippen LogP contribution >= 0.6 is 0 Å². The zero-order chi connectivity index (χ0) is 13.7. The Morgan fingerprint density at radius 1 is 1.53 bits per heavy atom. The topological polar surface area (TPSA) is 80.5 Å². The van der Waals surface area contributed by atoms with Gasteiger partial charge in [-0.3, -0.25) is 15.0 Å². The van der Waals surface area contributed by atoms with E-state index in [1.54, 1.807) is 13.0 Å². The van der Waals surface area contributed by atoms with E-state index in [1.807, 2.05) is 0 Å². The van der Waals surface area contributed by atoms with Gasteiger partial charge in [-0.15, -0.1) is 0 Å². The second kappa shape index (κ2) is 6.44. The van der Waals surface area contributed by atoms with Crippen LogP contribution in [0.4, 0.5) is 11.5 Å². The van der Waals surface area contributed by atoms with E-state index in [0.717, 1.165) is 39.4 Å². The molecule has 0 spiro atoms. The first-order chi connectivity index (χ1) is 9.16. The van der Waals surface area contributed by atoms with Crippen LogP contribution in [0.5, 0.6) is 0 Å². The van der Waals surface area contributed by atoms with Gasteiger partial charge in [0.15, 0.2) is 0 Å². The van der Waals surface area contributed by atoms with Gasteiger partial charge in [-0.05, 0) is 13.0 Å². The molecule has 0 radical (unpaired) electrons. The molecule has 1 aromatic heterocycles. The maximum atomic E-state index is 10.7. The molecule has 7 heteroatoms. The van der Waals surface area contributed by atoms with Gasteiger partial charge < -0.3 is 10.1 Å². The number of anilines is 1. The number of nitrogens with zero attached hydrogens (tertiary/aromatic N) is 3. The van der Waals surface area contributed by atoms with Gasteiger partial charge in [-0.25, -0.2) is 4.98 Å². The summed E-state index contributed by atoms with van der Waals surface area (Å²) in [4.78, 5) is 16.6. The molecule has 0 amide bonds. The fourth-order valence-electron chi connectivity index (χ4n) is 2.00. The SMILES string of the molecule is Cc1cc(NCCN2CCOCC2)ncc1[N+](=O)[O-]. The summed E-state index contributed by atoms with van der Waals surface area (Å²) in [7, 11) is 0. The van der Waals surface area contributed by atoms with E-state index in [-0.39, 0.29) is 5.69 Å². The highest BCUT2D eigenvalue weighted by Crippen LogP contribution is 2.18. The third-order valence-electron chi connectivity index (χ3n) is 3.12. The summed E-state index contributed by atoms with van der Waals surface area (Å²) in [6.45, 7) is 6.88. The van der Waals surface area contributed by atoms with Gasteiger partial charge in [0.05, 0.1) is 18.1 Å². The fraction of sp³-hybridized carbons (Fsp3) is 0.583. The molecular formula is C12H18N4O3. The van der Waals surface area contributed by atoms with Crippen LogP contribution in [0.1, 0.15) is 5.56 Å². The van der Waals surface area contributed by atoms with Gasteiger partial charge in [0.25, 0.3) is 5.69 Å². The maximum absolute atomic E-state index is 10.7. The smallest absolute Gasteiger partial charge is 0.290 e. The Morgan fingerprint density at radius 3 is 2.89 bits per heavy atom. The molecule has 1 aromatic rings. The second-order valence-electron chi connectivity index (χ2n) is 4.49.